The van der Waals surface area contributed by atoms with Crippen LogP contribution in [0.5, 0.6) is 0 Å². The minimum Gasteiger partial charge on any atom is -0.314 e. The van der Waals surface area contributed by atoms with E-state index in [0.717, 1.165) is 31.9 Å². The lowest BCUT2D eigenvalue weighted by atomic mass is 10.1. The second-order valence-corrected chi connectivity index (χ2v) is 5.02. The van der Waals surface area contributed by atoms with Gasteiger partial charge in [0.1, 0.15) is 0 Å². The molecule has 1 saturated heterocycles. The quantitative estimate of drug-likeness (QED) is 0.855. The molecule has 0 amide bonds. The summed E-state index contributed by atoms with van der Waals surface area (Å²) in [6, 6.07) is 2.88. The summed E-state index contributed by atoms with van der Waals surface area (Å²) in [6.45, 7) is 8.74. The second kappa shape index (κ2) is 5.65. The van der Waals surface area contributed by atoms with Crippen molar-refractivity contribution in [3.05, 3.63) is 17.5 Å². The van der Waals surface area contributed by atoms with Crippen molar-refractivity contribution >= 4 is 0 Å². The van der Waals surface area contributed by atoms with E-state index in [4.69, 9.17) is 0 Å². The van der Waals surface area contributed by atoms with E-state index in [1.165, 1.54) is 18.5 Å². The maximum Gasteiger partial charge on any atom is 0.0597 e. The summed E-state index contributed by atoms with van der Waals surface area (Å²) in [4.78, 5) is 2.59. The van der Waals surface area contributed by atoms with Crippen molar-refractivity contribution in [3.8, 4) is 0 Å². The number of piperazine rings is 1. The standard InChI is InChI=1S/C13H24N4/c1-4-5-12-9-14-6-7-17(12)10-13-8-11(2)15-16(13)3/h8,12,14H,4-7,9-10H2,1-3H3. The van der Waals surface area contributed by atoms with Crippen molar-refractivity contribution < 1.29 is 0 Å². The molecule has 0 bridgehead atoms. The molecule has 1 aliphatic rings. The zero-order valence-electron chi connectivity index (χ0n) is 11.2. The predicted octanol–water partition coefficient (Wildman–Crippen LogP) is 1.30. The van der Waals surface area contributed by atoms with E-state index in [1.807, 2.05) is 11.7 Å². The first-order chi connectivity index (χ1) is 8.20. The number of aryl methyl sites for hydroxylation is 2. The largest absolute Gasteiger partial charge is 0.314 e. The Bertz CT molecular complexity index is 356. The molecule has 1 aromatic rings. The zero-order chi connectivity index (χ0) is 12.3. The van der Waals surface area contributed by atoms with Crippen LogP contribution in [0.15, 0.2) is 6.07 Å². The molecule has 2 rings (SSSR count). The molecule has 96 valence electrons. The van der Waals surface area contributed by atoms with Crippen LogP contribution in [-0.2, 0) is 13.6 Å². The van der Waals surface area contributed by atoms with E-state index in [1.54, 1.807) is 0 Å². The van der Waals surface area contributed by atoms with Gasteiger partial charge in [0.15, 0.2) is 0 Å². The fraction of sp³-hybridized carbons (Fsp3) is 0.769. The normalized spacial score (nSPS) is 21.9. The molecule has 4 heteroatoms. The Hall–Kier alpha value is -0.870. The molecule has 17 heavy (non-hydrogen) atoms. The van der Waals surface area contributed by atoms with E-state index in [2.05, 4.69) is 35.2 Å². The molecule has 2 heterocycles. The monoisotopic (exact) mass is 236 g/mol. The average Bonchev–Trinajstić information content (AvgIpc) is 2.61. The molecular formula is C13H24N4. The van der Waals surface area contributed by atoms with Crippen LogP contribution in [0.3, 0.4) is 0 Å². The number of rotatable bonds is 4. The van der Waals surface area contributed by atoms with Crippen LogP contribution in [0.1, 0.15) is 31.2 Å². The van der Waals surface area contributed by atoms with Crippen molar-refractivity contribution in [2.45, 2.75) is 39.3 Å². The van der Waals surface area contributed by atoms with Crippen LogP contribution < -0.4 is 5.32 Å². The van der Waals surface area contributed by atoms with Gasteiger partial charge in [0.25, 0.3) is 0 Å². The van der Waals surface area contributed by atoms with Gasteiger partial charge in [-0.3, -0.25) is 9.58 Å². The Morgan fingerprint density at radius 1 is 1.53 bits per heavy atom. The van der Waals surface area contributed by atoms with Crippen LogP contribution in [0.25, 0.3) is 0 Å². The lowest BCUT2D eigenvalue weighted by Gasteiger charge is -2.36. The summed E-state index contributed by atoms with van der Waals surface area (Å²) in [7, 11) is 2.04. The molecule has 1 unspecified atom stereocenters. The van der Waals surface area contributed by atoms with Crippen molar-refractivity contribution in [3.63, 3.8) is 0 Å². The number of hydrogen-bond acceptors (Lipinski definition) is 3. The molecule has 0 saturated carbocycles. The highest BCUT2D eigenvalue weighted by Crippen LogP contribution is 2.14. The van der Waals surface area contributed by atoms with E-state index >= 15 is 0 Å². The summed E-state index contributed by atoms with van der Waals surface area (Å²) in [6.07, 6.45) is 2.54. The average molecular weight is 236 g/mol. The number of nitrogens with one attached hydrogen (secondary N) is 1. The highest BCUT2D eigenvalue weighted by atomic mass is 15.3. The minimum absolute atomic E-state index is 0.684. The van der Waals surface area contributed by atoms with E-state index < -0.39 is 0 Å². The molecule has 1 N–H and O–H groups in total. The summed E-state index contributed by atoms with van der Waals surface area (Å²) in [5, 5.41) is 7.91. The van der Waals surface area contributed by atoms with Crippen LogP contribution in [0, 0.1) is 6.92 Å². The summed E-state index contributed by atoms with van der Waals surface area (Å²) in [5.74, 6) is 0. The highest BCUT2D eigenvalue weighted by Gasteiger charge is 2.22. The maximum atomic E-state index is 4.42. The van der Waals surface area contributed by atoms with Gasteiger partial charge in [-0.1, -0.05) is 13.3 Å². The summed E-state index contributed by atoms with van der Waals surface area (Å²) < 4.78 is 2.01. The molecule has 1 aromatic heterocycles. The van der Waals surface area contributed by atoms with Gasteiger partial charge in [-0.15, -0.1) is 0 Å². The van der Waals surface area contributed by atoms with Gasteiger partial charge >= 0.3 is 0 Å². The second-order valence-electron chi connectivity index (χ2n) is 5.02. The van der Waals surface area contributed by atoms with Crippen LogP contribution in [-0.4, -0.2) is 40.4 Å². The fourth-order valence-electron chi connectivity index (χ4n) is 2.65. The Morgan fingerprint density at radius 2 is 2.35 bits per heavy atom. The number of hydrogen-bond donors (Lipinski definition) is 1. The van der Waals surface area contributed by atoms with Gasteiger partial charge in [0.2, 0.25) is 0 Å². The molecule has 0 aliphatic carbocycles. The Kier molecular flexibility index (Phi) is 4.18. The first-order valence-corrected chi connectivity index (χ1v) is 6.65. The third kappa shape index (κ3) is 3.07. The summed E-state index contributed by atoms with van der Waals surface area (Å²) in [5.41, 5.74) is 2.44. The lowest BCUT2D eigenvalue weighted by molar-refractivity contribution is 0.141. The van der Waals surface area contributed by atoms with Gasteiger partial charge in [0, 0.05) is 39.3 Å². The number of aromatic nitrogens is 2. The first kappa shape index (κ1) is 12.6. The highest BCUT2D eigenvalue weighted by molar-refractivity contribution is 5.08. The van der Waals surface area contributed by atoms with E-state index in [0.29, 0.717) is 6.04 Å². The number of nitrogens with zero attached hydrogens (tertiary/aromatic N) is 3. The Labute approximate surface area is 104 Å². The molecule has 0 spiro atoms. The van der Waals surface area contributed by atoms with Crippen molar-refractivity contribution in [2.75, 3.05) is 19.6 Å². The van der Waals surface area contributed by atoms with Crippen LogP contribution >= 0.6 is 0 Å². The van der Waals surface area contributed by atoms with Crippen molar-refractivity contribution in [1.82, 2.24) is 20.0 Å². The summed E-state index contributed by atoms with van der Waals surface area (Å²) >= 11 is 0. The van der Waals surface area contributed by atoms with Crippen LogP contribution in [0.4, 0.5) is 0 Å². The van der Waals surface area contributed by atoms with E-state index in [9.17, 15) is 0 Å². The van der Waals surface area contributed by atoms with E-state index in [-0.39, 0.29) is 0 Å². The molecule has 0 aromatic carbocycles. The van der Waals surface area contributed by atoms with Crippen LogP contribution in [0.2, 0.25) is 0 Å². The zero-order valence-corrected chi connectivity index (χ0v) is 11.2. The van der Waals surface area contributed by atoms with Gasteiger partial charge < -0.3 is 5.32 Å². The van der Waals surface area contributed by atoms with Gasteiger partial charge in [0.05, 0.1) is 11.4 Å². The van der Waals surface area contributed by atoms with Crippen molar-refractivity contribution in [1.29, 1.82) is 0 Å². The topological polar surface area (TPSA) is 33.1 Å². The van der Waals surface area contributed by atoms with Gasteiger partial charge in [-0.05, 0) is 19.4 Å². The third-order valence-electron chi connectivity index (χ3n) is 3.56. The molecule has 0 radical (unpaired) electrons. The van der Waals surface area contributed by atoms with Gasteiger partial charge in [-0.25, -0.2) is 0 Å². The maximum absolute atomic E-state index is 4.42. The first-order valence-electron chi connectivity index (χ1n) is 6.65. The molecular weight excluding hydrogens is 212 g/mol. The smallest absolute Gasteiger partial charge is 0.0597 e. The lowest BCUT2D eigenvalue weighted by Crippen LogP contribution is -2.50. The molecule has 1 fully saturated rings. The minimum atomic E-state index is 0.684. The molecule has 1 aliphatic heterocycles. The Morgan fingerprint density at radius 3 is 3.00 bits per heavy atom. The molecule has 4 nitrogen and oxygen atoms in total. The molecule has 1 atom stereocenters. The SMILES string of the molecule is CCCC1CNCCN1Cc1cc(C)nn1C. The third-order valence-corrected chi connectivity index (χ3v) is 3.56. The Balaban J connectivity index is 2.02. The fourth-order valence-corrected chi connectivity index (χ4v) is 2.65. The predicted molar refractivity (Wildman–Crippen MR) is 69.9 cm³/mol. The van der Waals surface area contributed by atoms with Crippen molar-refractivity contribution in [2.24, 2.45) is 7.05 Å². The van der Waals surface area contributed by atoms with Gasteiger partial charge in [-0.2, -0.15) is 5.10 Å².